The van der Waals surface area contributed by atoms with Crippen molar-refractivity contribution >= 4 is 40.3 Å². The normalized spacial score (nSPS) is 18.2. The summed E-state index contributed by atoms with van der Waals surface area (Å²) in [6.45, 7) is 1.86. The van der Waals surface area contributed by atoms with Crippen molar-refractivity contribution in [2.45, 2.75) is 35.8 Å². The highest BCUT2D eigenvalue weighted by Crippen LogP contribution is 2.33. The number of nitrogens with one attached hydrogen (secondary N) is 2. The van der Waals surface area contributed by atoms with E-state index >= 15 is 0 Å². The lowest BCUT2D eigenvalue weighted by atomic mass is 10.1. The van der Waals surface area contributed by atoms with Gasteiger partial charge in [-0.3, -0.25) is 9.69 Å². The number of benzene rings is 3. The summed E-state index contributed by atoms with van der Waals surface area (Å²) in [5.41, 5.74) is 3.89. The van der Waals surface area contributed by atoms with E-state index in [9.17, 15) is 9.18 Å². The Bertz CT molecular complexity index is 1300. The van der Waals surface area contributed by atoms with Gasteiger partial charge in [0.2, 0.25) is 5.91 Å². The van der Waals surface area contributed by atoms with Gasteiger partial charge in [0.05, 0.1) is 17.1 Å². The maximum Gasteiger partial charge on any atom is 0.237 e. The summed E-state index contributed by atoms with van der Waals surface area (Å²) in [6, 6.07) is 22.0. The number of H-pyrrole nitrogens is 1. The number of hydrogen-bond acceptors (Lipinski definition) is 4. The summed E-state index contributed by atoms with van der Waals surface area (Å²) in [5.74, 6) is -0.265. The van der Waals surface area contributed by atoms with Gasteiger partial charge in [-0.05, 0) is 60.4 Å². The Labute approximate surface area is 213 Å². The van der Waals surface area contributed by atoms with Crippen molar-refractivity contribution in [3.8, 4) is 0 Å². The molecule has 1 aliphatic heterocycles. The smallest absolute Gasteiger partial charge is 0.237 e. The molecule has 1 aliphatic rings. The van der Waals surface area contributed by atoms with Crippen LogP contribution in [0.15, 0.2) is 78.0 Å². The van der Waals surface area contributed by atoms with Gasteiger partial charge in [0.15, 0.2) is 5.16 Å². The zero-order chi connectivity index (χ0) is 24.2. The molecule has 2 atom stereocenters. The minimum atomic E-state index is -0.261. The number of thioether (sulfide) groups is 1. The molecule has 3 aromatic carbocycles. The molecule has 0 radical (unpaired) electrons. The fourth-order valence-corrected chi connectivity index (χ4v) is 5.94. The zero-order valence-corrected chi connectivity index (χ0v) is 20.7. The Morgan fingerprint density at radius 2 is 1.94 bits per heavy atom. The van der Waals surface area contributed by atoms with Crippen molar-refractivity contribution in [3.63, 3.8) is 0 Å². The van der Waals surface area contributed by atoms with Gasteiger partial charge in [-0.1, -0.05) is 59.8 Å². The quantitative estimate of drug-likeness (QED) is 0.332. The van der Waals surface area contributed by atoms with Gasteiger partial charge in [0, 0.05) is 29.9 Å². The Morgan fingerprint density at radius 3 is 2.77 bits per heavy atom. The monoisotopic (exact) mass is 508 g/mol. The number of amides is 1. The molecule has 1 aromatic heterocycles. The average molecular weight is 509 g/mol. The number of hydrogen-bond donors (Lipinski definition) is 2. The van der Waals surface area contributed by atoms with Gasteiger partial charge < -0.3 is 10.3 Å². The molecule has 0 aliphatic carbocycles. The van der Waals surface area contributed by atoms with E-state index in [1.165, 1.54) is 12.1 Å². The number of nitrogens with zero attached hydrogens (tertiary/aromatic N) is 2. The van der Waals surface area contributed by atoms with Crippen molar-refractivity contribution in [1.29, 1.82) is 0 Å². The molecular weight excluding hydrogens is 483 g/mol. The van der Waals surface area contributed by atoms with Crippen LogP contribution in [0.2, 0.25) is 5.02 Å². The molecule has 4 aromatic rings. The summed E-state index contributed by atoms with van der Waals surface area (Å²) in [5, 5.41) is 4.83. The van der Waals surface area contributed by atoms with E-state index in [1.54, 1.807) is 17.8 Å². The van der Waals surface area contributed by atoms with E-state index < -0.39 is 0 Å². The first-order valence-electron chi connectivity index (χ1n) is 11.7. The van der Waals surface area contributed by atoms with Gasteiger partial charge in [0.1, 0.15) is 5.82 Å². The van der Waals surface area contributed by atoms with E-state index in [1.807, 2.05) is 54.6 Å². The molecule has 0 unspecified atom stereocenters. The SMILES string of the molecule is O=C(NCCc1cccc(F)c1)[C@@H]1C[C@@H](Sc2nc3ccccc3[nH]2)CN1Cc1cccc(Cl)c1. The third kappa shape index (κ3) is 6.04. The Balaban J connectivity index is 1.27. The molecule has 5 nitrogen and oxygen atoms in total. The van der Waals surface area contributed by atoms with E-state index in [4.69, 9.17) is 16.6 Å². The number of aromatic nitrogens is 2. The summed E-state index contributed by atoms with van der Waals surface area (Å²) < 4.78 is 13.5. The summed E-state index contributed by atoms with van der Waals surface area (Å²) in [4.78, 5) is 23.5. The first-order valence-corrected chi connectivity index (χ1v) is 12.9. The van der Waals surface area contributed by atoms with Crippen LogP contribution in [0.1, 0.15) is 17.5 Å². The van der Waals surface area contributed by atoms with Crippen LogP contribution < -0.4 is 5.32 Å². The summed E-state index contributed by atoms with van der Waals surface area (Å²) >= 11 is 7.88. The highest BCUT2D eigenvalue weighted by atomic mass is 35.5. The molecule has 180 valence electrons. The van der Waals surface area contributed by atoms with Crippen LogP contribution in [0.3, 0.4) is 0 Å². The first kappa shape index (κ1) is 23.9. The van der Waals surface area contributed by atoms with E-state index in [2.05, 4.69) is 15.2 Å². The number of likely N-dealkylation sites (tertiary alicyclic amines) is 1. The topological polar surface area (TPSA) is 61.0 Å². The highest BCUT2D eigenvalue weighted by molar-refractivity contribution is 7.99. The number of para-hydroxylation sites is 2. The molecule has 35 heavy (non-hydrogen) atoms. The fourth-order valence-electron chi connectivity index (χ4n) is 4.55. The molecule has 1 amide bonds. The molecular formula is C27H26ClFN4OS. The Kier molecular flexibility index (Phi) is 7.37. The second-order valence-electron chi connectivity index (χ2n) is 8.78. The predicted octanol–water partition coefficient (Wildman–Crippen LogP) is 5.45. The van der Waals surface area contributed by atoms with Crippen LogP contribution in [0.25, 0.3) is 11.0 Å². The van der Waals surface area contributed by atoms with Crippen molar-refractivity contribution in [1.82, 2.24) is 20.2 Å². The minimum absolute atomic E-state index is 0.00358. The number of carbonyl (C=O) groups is 1. The Hall–Kier alpha value is -2.87. The standard InChI is InChI=1S/C27H26ClFN4OS/c28-20-7-3-6-19(13-20)16-33-17-22(35-27-31-23-9-1-2-10-24(23)32-27)15-25(33)26(34)30-12-11-18-5-4-8-21(29)14-18/h1-10,13-14,22,25H,11-12,15-17H2,(H,30,34)(H,31,32)/t22-,25+/m1/s1. The molecule has 1 fully saturated rings. The lowest BCUT2D eigenvalue weighted by molar-refractivity contribution is -0.125. The van der Waals surface area contributed by atoms with Crippen LogP contribution in [0.5, 0.6) is 0 Å². The van der Waals surface area contributed by atoms with E-state index in [0.717, 1.165) is 33.9 Å². The zero-order valence-electron chi connectivity index (χ0n) is 19.1. The summed E-state index contributed by atoms with van der Waals surface area (Å²) in [7, 11) is 0. The Morgan fingerprint density at radius 1 is 1.11 bits per heavy atom. The number of aromatic amines is 1. The number of halogens is 2. The lowest BCUT2D eigenvalue weighted by Gasteiger charge is -2.23. The van der Waals surface area contributed by atoms with Crippen molar-refractivity contribution < 1.29 is 9.18 Å². The molecule has 0 saturated carbocycles. The van der Waals surface area contributed by atoms with Crippen molar-refractivity contribution in [3.05, 3.63) is 94.8 Å². The lowest BCUT2D eigenvalue weighted by Crippen LogP contribution is -2.43. The van der Waals surface area contributed by atoms with Crippen LogP contribution in [-0.2, 0) is 17.8 Å². The second-order valence-corrected chi connectivity index (χ2v) is 10.5. The molecule has 5 rings (SSSR count). The summed E-state index contributed by atoms with van der Waals surface area (Å²) in [6.07, 6.45) is 1.30. The molecule has 8 heteroatoms. The first-order chi connectivity index (χ1) is 17.0. The van der Waals surface area contributed by atoms with Gasteiger partial charge in [-0.25, -0.2) is 9.37 Å². The maximum atomic E-state index is 13.5. The van der Waals surface area contributed by atoms with Crippen molar-refractivity contribution in [2.75, 3.05) is 13.1 Å². The van der Waals surface area contributed by atoms with Gasteiger partial charge >= 0.3 is 0 Å². The maximum absolute atomic E-state index is 13.5. The van der Waals surface area contributed by atoms with E-state index in [0.29, 0.717) is 31.0 Å². The van der Waals surface area contributed by atoms with Crippen LogP contribution >= 0.6 is 23.4 Å². The molecule has 0 spiro atoms. The third-order valence-electron chi connectivity index (χ3n) is 6.19. The molecule has 2 heterocycles. The van der Waals surface area contributed by atoms with Crippen molar-refractivity contribution in [2.24, 2.45) is 0 Å². The second kappa shape index (κ2) is 10.8. The number of carbonyl (C=O) groups excluding carboxylic acids is 1. The molecule has 1 saturated heterocycles. The number of fused-ring (bicyclic) bond motifs is 1. The largest absolute Gasteiger partial charge is 0.354 e. The minimum Gasteiger partial charge on any atom is -0.354 e. The van der Waals surface area contributed by atoms with E-state index in [-0.39, 0.29) is 23.0 Å². The highest BCUT2D eigenvalue weighted by Gasteiger charge is 2.37. The van der Waals surface area contributed by atoms with Gasteiger partial charge in [0.25, 0.3) is 0 Å². The number of rotatable bonds is 8. The third-order valence-corrected chi connectivity index (χ3v) is 7.52. The molecule has 2 N–H and O–H groups in total. The number of imidazole rings is 1. The predicted molar refractivity (Wildman–Crippen MR) is 139 cm³/mol. The van der Waals surface area contributed by atoms with Gasteiger partial charge in [-0.2, -0.15) is 0 Å². The van der Waals surface area contributed by atoms with Gasteiger partial charge in [-0.15, -0.1) is 0 Å². The van der Waals surface area contributed by atoms with Crippen LogP contribution in [-0.4, -0.2) is 45.2 Å². The van der Waals surface area contributed by atoms with Crippen LogP contribution in [0, 0.1) is 5.82 Å². The molecule has 0 bridgehead atoms. The average Bonchev–Trinajstić information content (AvgIpc) is 3.42. The fraction of sp³-hybridized carbons (Fsp3) is 0.259. The van der Waals surface area contributed by atoms with Crippen LogP contribution in [0.4, 0.5) is 4.39 Å².